The normalized spacial score (nSPS) is 20.2. The van der Waals surface area contributed by atoms with E-state index in [0.717, 1.165) is 43.2 Å². The first kappa shape index (κ1) is 19.7. The lowest BCUT2D eigenvalue weighted by atomic mass is 9.88. The van der Waals surface area contributed by atoms with Gasteiger partial charge in [0.25, 0.3) is 0 Å². The largest absolute Gasteiger partial charge is 0.370 e. The fourth-order valence-corrected chi connectivity index (χ4v) is 5.52. The SMILES string of the molecule is CN(Cc1ccccc1)C1COC2(C1)CN(C(=O)CCc1nc3ccccc3s1)C2. The zero-order valence-electron chi connectivity index (χ0n) is 17.3. The summed E-state index contributed by atoms with van der Waals surface area (Å²) in [6.45, 7) is 3.12. The second-order valence-corrected chi connectivity index (χ2v) is 9.69. The standard InChI is InChI=1S/C24H27N3O2S/c1-26(14-18-7-3-2-4-8-18)19-13-24(29-15-19)16-27(17-24)23(28)12-11-22-25-20-9-5-6-10-21(20)30-22/h2-10,19H,11-17H2,1H3. The molecule has 3 aromatic rings. The van der Waals surface area contributed by atoms with Gasteiger partial charge in [0, 0.05) is 25.4 Å². The van der Waals surface area contributed by atoms with E-state index in [4.69, 9.17) is 4.74 Å². The summed E-state index contributed by atoms with van der Waals surface area (Å²) in [7, 11) is 2.17. The minimum absolute atomic E-state index is 0.138. The van der Waals surface area contributed by atoms with Gasteiger partial charge >= 0.3 is 0 Å². The van der Waals surface area contributed by atoms with Gasteiger partial charge < -0.3 is 9.64 Å². The Balaban J connectivity index is 1.10. The van der Waals surface area contributed by atoms with Gasteiger partial charge in [-0.1, -0.05) is 42.5 Å². The number of amides is 1. The zero-order valence-corrected chi connectivity index (χ0v) is 18.1. The number of benzene rings is 2. The summed E-state index contributed by atoms with van der Waals surface area (Å²) in [5.41, 5.74) is 2.21. The molecule has 5 nitrogen and oxygen atoms in total. The van der Waals surface area contributed by atoms with Crippen molar-refractivity contribution < 1.29 is 9.53 Å². The van der Waals surface area contributed by atoms with E-state index < -0.39 is 0 Å². The molecule has 6 heteroatoms. The third-order valence-corrected chi connectivity index (χ3v) is 7.39. The van der Waals surface area contributed by atoms with Gasteiger partial charge in [-0.3, -0.25) is 9.69 Å². The maximum Gasteiger partial charge on any atom is 0.223 e. The van der Waals surface area contributed by atoms with Gasteiger partial charge in [-0.05, 0) is 31.2 Å². The number of likely N-dealkylation sites (tertiary alicyclic amines) is 1. The van der Waals surface area contributed by atoms with Gasteiger partial charge in [-0.15, -0.1) is 11.3 Å². The summed E-state index contributed by atoms with van der Waals surface area (Å²) >= 11 is 1.69. The molecule has 1 unspecified atom stereocenters. The average Bonchev–Trinajstić information content (AvgIpc) is 3.36. The lowest BCUT2D eigenvalue weighted by Gasteiger charge is -2.47. The summed E-state index contributed by atoms with van der Waals surface area (Å²) in [6, 6.07) is 19.1. The number of fused-ring (bicyclic) bond motifs is 1. The molecule has 1 amide bonds. The molecular weight excluding hydrogens is 394 g/mol. The summed E-state index contributed by atoms with van der Waals surface area (Å²) < 4.78 is 7.37. The molecule has 30 heavy (non-hydrogen) atoms. The van der Waals surface area contributed by atoms with Crippen LogP contribution in [0.3, 0.4) is 0 Å². The van der Waals surface area contributed by atoms with Crippen molar-refractivity contribution in [1.29, 1.82) is 0 Å². The van der Waals surface area contributed by atoms with Crippen LogP contribution < -0.4 is 0 Å². The van der Waals surface area contributed by atoms with Crippen LogP contribution in [0, 0.1) is 0 Å². The molecule has 0 saturated carbocycles. The number of thiazole rings is 1. The van der Waals surface area contributed by atoms with Crippen molar-refractivity contribution in [3.63, 3.8) is 0 Å². The minimum atomic E-state index is -0.138. The molecule has 2 aliphatic heterocycles. The first-order valence-electron chi connectivity index (χ1n) is 10.6. The number of para-hydroxylation sites is 1. The highest BCUT2D eigenvalue weighted by molar-refractivity contribution is 7.18. The van der Waals surface area contributed by atoms with Crippen LogP contribution in [0.15, 0.2) is 54.6 Å². The highest BCUT2D eigenvalue weighted by atomic mass is 32.1. The van der Waals surface area contributed by atoms with Gasteiger partial charge in [-0.2, -0.15) is 0 Å². The predicted octanol–water partition coefficient (Wildman–Crippen LogP) is 3.73. The Morgan fingerprint density at radius 2 is 1.97 bits per heavy atom. The van der Waals surface area contributed by atoms with Crippen molar-refractivity contribution in [2.45, 2.75) is 37.5 Å². The Hall–Kier alpha value is -2.28. The Morgan fingerprint density at radius 1 is 1.20 bits per heavy atom. The van der Waals surface area contributed by atoms with Crippen LogP contribution in [0.5, 0.6) is 0 Å². The van der Waals surface area contributed by atoms with Crippen molar-refractivity contribution in [1.82, 2.24) is 14.8 Å². The van der Waals surface area contributed by atoms with E-state index in [1.54, 1.807) is 11.3 Å². The fraction of sp³-hybridized carbons (Fsp3) is 0.417. The topological polar surface area (TPSA) is 45.7 Å². The third-order valence-electron chi connectivity index (χ3n) is 6.29. The number of aromatic nitrogens is 1. The zero-order chi connectivity index (χ0) is 20.6. The molecule has 0 bridgehead atoms. The molecule has 2 saturated heterocycles. The van der Waals surface area contributed by atoms with Crippen LogP contribution in [0.25, 0.3) is 10.2 Å². The number of ether oxygens (including phenoxy) is 1. The smallest absolute Gasteiger partial charge is 0.223 e. The van der Waals surface area contributed by atoms with Crippen LogP contribution in [0.1, 0.15) is 23.4 Å². The number of carbonyl (C=O) groups excluding carboxylic acids is 1. The van der Waals surface area contributed by atoms with Crippen molar-refractivity contribution in [2.75, 3.05) is 26.7 Å². The van der Waals surface area contributed by atoms with E-state index in [-0.39, 0.29) is 11.5 Å². The van der Waals surface area contributed by atoms with Crippen LogP contribution in [-0.4, -0.2) is 59.1 Å². The van der Waals surface area contributed by atoms with Crippen LogP contribution >= 0.6 is 11.3 Å². The van der Waals surface area contributed by atoms with Crippen LogP contribution in [0.2, 0.25) is 0 Å². The van der Waals surface area contributed by atoms with Gasteiger partial charge in [-0.25, -0.2) is 4.98 Å². The quantitative estimate of drug-likeness (QED) is 0.608. The molecule has 5 rings (SSSR count). The molecular formula is C24H27N3O2S. The second kappa shape index (κ2) is 8.10. The lowest BCUT2D eigenvalue weighted by Crippen LogP contribution is -2.63. The molecule has 2 aliphatic rings. The molecule has 0 N–H and O–H groups in total. The van der Waals surface area contributed by atoms with Crippen LogP contribution in [0.4, 0.5) is 0 Å². The number of nitrogens with zero attached hydrogens (tertiary/aromatic N) is 3. The highest BCUT2D eigenvalue weighted by Gasteiger charge is 2.51. The van der Waals surface area contributed by atoms with Gasteiger partial charge in [0.2, 0.25) is 5.91 Å². The van der Waals surface area contributed by atoms with Crippen molar-refractivity contribution in [2.24, 2.45) is 0 Å². The van der Waals surface area contributed by atoms with Crippen LogP contribution in [-0.2, 0) is 22.5 Å². The van der Waals surface area contributed by atoms with Crippen molar-refractivity contribution in [3.05, 3.63) is 65.2 Å². The number of hydrogen-bond acceptors (Lipinski definition) is 5. The number of rotatable bonds is 6. The lowest BCUT2D eigenvalue weighted by molar-refractivity contribution is -0.157. The molecule has 2 aromatic carbocycles. The van der Waals surface area contributed by atoms with E-state index in [2.05, 4.69) is 47.3 Å². The van der Waals surface area contributed by atoms with E-state index in [1.165, 1.54) is 10.3 Å². The highest BCUT2D eigenvalue weighted by Crippen LogP contribution is 2.37. The Morgan fingerprint density at radius 3 is 2.77 bits per heavy atom. The van der Waals surface area contributed by atoms with Gasteiger partial charge in [0.05, 0.1) is 34.9 Å². The second-order valence-electron chi connectivity index (χ2n) is 8.58. The first-order valence-corrected chi connectivity index (χ1v) is 11.4. The maximum absolute atomic E-state index is 12.6. The van der Waals surface area contributed by atoms with Crippen molar-refractivity contribution in [3.8, 4) is 0 Å². The van der Waals surface area contributed by atoms with Gasteiger partial charge in [0.15, 0.2) is 0 Å². The molecule has 1 aromatic heterocycles. The molecule has 3 heterocycles. The fourth-order valence-electron chi connectivity index (χ4n) is 4.55. The molecule has 0 radical (unpaired) electrons. The average molecular weight is 422 g/mol. The van der Waals surface area contributed by atoms with E-state index >= 15 is 0 Å². The number of carbonyl (C=O) groups is 1. The number of likely N-dealkylation sites (N-methyl/N-ethyl adjacent to an activating group) is 1. The molecule has 2 fully saturated rings. The molecule has 1 spiro atoms. The summed E-state index contributed by atoms with van der Waals surface area (Å²) in [5, 5.41) is 1.04. The predicted molar refractivity (Wildman–Crippen MR) is 120 cm³/mol. The minimum Gasteiger partial charge on any atom is -0.370 e. The van der Waals surface area contributed by atoms with Gasteiger partial charge in [0.1, 0.15) is 5.60 Å². The number of aryl methyl sites for hydroxylation is 1. The first-order chi connectivity index (χ1) is 14.6. The third kappa shape index (κ3) is 4.00. The van der Waals surface area contributed by atoms with E-state index in [0.29, 0.717) is 18.9 Å². The molecule has 0 aliphatic carbocycles. The van der Waals surface area contributed by atoms with E-state index in [9.17, 15) is 4.79 Å². The monoisotopic (exact) mass is 421 g/mol. The Bertz CT molecular complexity index is 996. The molecule has 156 valence electrons. The van der Waals surface area contributed by atoms with Crippen molar-refractivity contribution >= 4 is 27.5 Å². The Kier molecular flexibility index (Phi) is 5.31. The number of hydrogen-bond donors (Lipinski definition) is 0. The summed E-state index contributed by atoms with van der Waals surface area (Å²) in [4.78, 5) is 21.6. The molecule has 1 atom stereocenters. The summed E-state index contributed by atoms with van der Waals surface area (Å²) in [5.74, 6) is 0.213. The Labute approximate surface area is 181 Å². The summed E-state index contributed by atoms with van der Waals surface area (Å²) in [6.07, 6.45) is 2.23. The van der Waals surface area contributed by atoms with E-state index in [1.807, 2.05) is 29.2 Å². The maximum atomic E-state index is 12.6.